The van der Waals surface area contributed by atoms with Gasteiger partial charge in [-0.05, 0) is 26.8 Å². The number of rotatable bonds is 6. The number of aromatic nitrogens is 7. The van der Waals surface area contributed by atoms with E-state index in [1.165, 1.54) is 18.9 Å². The predicted molar refractivity (Wildman–Crippen MR) is 111 cm³/mol. The third-order valence-electron chi connectivity index (χ3n) is 5.49. The van der Waals surface area contributed by atoms with Crippen LogP contribution in [0.15, 0.2) is 35.7 Å². The van der Waals surface area contributed by atoms with Crippen molar-refractivity contribution < 1.29 is 9.21 Å². The van der Waals surface area contributed by atoms with E-state index in [1.807, 2.05) is 18.4 Å². The summed E-state index contributed by atoms with van der Waals surface area (Å²) in [5.41, 5.74) is 1.12. The smallest absolute Gasteiger partial charge is 0.226 e. The molecule has 11 nitrogen and oxygen atoms in total. The maximum absolute atomic E-state index is 13.2. The fraction of sp³-hybridized carbons (Fsp3) is 0.350. The standard InChI is InChI=1S/C20H21N9O2/c1-3-29-18(13-6-23-12(2)24-7-13)27-15-17(25-10-26-19(15)29)28-20(4-5-21-9-20)16(30)14-8-22-11-31-14/h6-8,10-11,21H,3-5,9H2,1-2H3,(H,25,26,28). The molecule has 0 radical (unpaired) electrons. The van der Waals surface area contributed by atoms with Crippen molar-refractivity contribution in [2.75, 3.05) is 18.4 Å². The number of hydrogen-bond acceptors (Lipinski definition) is 10. The number of ketones is 1. The second-order valence-corrected chi connectivity index (χ2v) is 7.42. The van der Waals surface area contributed by atoms with Crippen LogP contribution in [0.2, 0.25) is 0 Å². The molecule has 0 spiro atoms. The minimum Gasteiger partial charge on any atom is -0.440 e. The molecule has 2 N–H and O–H groups in total. The number of fused-ring (bicyclic) bond motifs is 1. The highest BCUT2D eigenvalue weighted by Crippen LogP contribution is 2.30. The molecule has 5 heterocycles. The molecule has 5 rings (SSSR count). The second-order valence-electron chi connectivity index (χ2n) is 7.42. The van der Waals surface area contributed by atoms with E-state index < -0.39 is 5.54 Å². The van der Waals surface area contributed by atoms with E-state index in [4.69, 9.17) is 9.40 Å². The van der Waals surface area contributed by atoms with Gasteiger partial charge in [0.1, 0.15) is 23.5 Å². The van der Waals surface area contributed by atoms with Crippen LogP contribution >= 0.6 is 0 Å². The molecule has 11 heteroatoms. The SMILES string of the molecule is CCn1c(-c2cnc(C)nc2)nc2c(NC3(C(=O)c4cnco4)CCNC3)ncnc21. The Kier molecular flexibility index (Phi) is 4.66. The normalized spacial score (nSPS) is 18.5. The fourth-order valence-electron chi connectivity index (χ4n) is 3.90. The molecule has 0 aliphatic carbocycles. The van der Waals surface area contributed by atoms with Crippen molar-refractivity contribution in [3.63, 3.8) is 0 Å². The highest BCUT2D eigenvalue weighted by Gasteiger charge is 2.44. The van der Waals surface area contributed by atoms with Crippen LogP contribution in [0.5, 0.6) is 0 Å². The summed E-state index contributed by atoms with van der Waals surface area (Å²) in [6.45, 7) is 5.63. The van der Waals surface area contributed by atoms with Gasteiger partial charge in [0.15, 0.2) is 29.1 Å². The molecular weight excluding hydrogens is 398 g/mol. The predicted octanol–water partition coefficient (Wildman–Crippen LogP) is 1.63. The van der Waals surface area contributed by atoms with E-state index >= 15 is 0 Å². The zero-order valence-electron chi connectivity index (χ0n) is 17.2. The lowest BCUT2D eigenvalue weighted by molar-refractivity contribution is 0.0888. The molecule has 0 bridgehead atoms. The minimum absolute atomic E-state index is 0.177. The quantitative estimate of drug-likeness (QED) is 0.444. The molecule has 1 fully saturated rings. The van der Waals surface area contributed by atoms with Crippen molar-refractivity contribution in [3.8, 4) is 11.4 Å². The third-order valence-corrected chi connectivity index (χ3v) is 5.49. The van der Waals surface area contributed by atoms with Crippen LogP contribution in [-0.4, -0.2) is 58.9 Å². The molecule has 1 saturated heterocycles. The van der Waals surface area contributed by atoms with E-state index in [2.05, 4.69) is 35.6 Å². The van der Waals surface area contributed by atoms with Gasteiger partial charge < -0.3 is 19.6 Å². The lowest BCUT2D eigenvalue weighted by Gasteiger charge is -2.27. The van der Waals surface area contributed by atoms with Crippen molar-refractivity contribution in [3.05, 3.63) is 42.9 Å². The zero-order chi connectivity index (χ0) is 21.4. The summed E-state index contributed by atoms with van der Waals surface area (Å²) in [6.07, 6.45) is 8.22. The molecule has 1 unspecified atom stereocenters. The van der Waals surface area contributed by atoms with Crippen LogP contribution in [0.25, 0.3) is 22.6 Å². The van der Waals surface area contributed by atoms with Crippen molar-refractivity contribution in [1.82, 2.24) is 39.8 Å². The Morgan fingerprint density at radius 1 is 1.26 bits per heavy atom. The van der Waals surface area contributed by atoms with E-state index in [0.29, 0.717) is 54.7 Å². The third kappa shape index (κ3) is 3.22. The summed E-state index contributed by atoms with van der Waals surface area (Å²) in [5, 5.41) is 6.60. The zero-order valence-corrected chi connectivity index (χ0v) is 17.2. The summed E-state index contributed by atoms with van der Waals surface area (Å²) in [4.78, 5) is 39.4. The molecule has 31 heavy (non-hydrogen) atoms. The van der Waals surface area contributed by atoms with Crippen LogP contribution in [0.1, 0.15) is 29.7 Å². The van der Waals surface area contributed by atoms with Gasteiger partial charge in [0.05, 0.1) is 11.8 Å². The fourth-order valence-corrected chi connectivity index (χ4v) is 3.90. The van der Waals surface area contributed by atoms with Gasteiger partial charge in [-0.3, -0.25) is 4.79 Å². The Bertz CT molecular complexity index is 1230. The molecule has 0 amide bonds. The first kappa shape index (κ1) is 19.2. The van der Waals surface area contributed by atoms with Gasteiger partial charge in [0, 0.05) is 25.5 Å². The molecule has 1 aliphatic rings. The van der Waals surface area contributed by atoms with Gasteiger partial charge in [0.25, 0.3) is 0 Å². The van der Waals surface area contributed by atoms with Crippen LogP contribution in [0.3, 0.4) is 0 Å². The van der Waals surface area contributed by atoms with Gasteiger partial charge in [-0.2, -0.15) is 0 Å². The summed E-state index contributed by atoms with van der Waals surface area (Å²) < 4.78 is 7.25. The number of imidazole rings is 1. The molecule has 4 aromatic heterocycles. The number of carbonyl (C=O) groups is 1. The first-order chi connectivity index (χ1) is 15.1. The lowest BCUT2D eigenvalue weighted by atomic mass is 9.91. The van der Waals surface area contributed by atoms with Crippen LogP contribution in [0.4, 0.5) is 5.82 Å². The summed E-state index contributed by atoms with van der Waals surface area (Å²) >= 11 is 0. The Balaban J connectivity index is 1.60. The van der Waals surface area contributed by atoms with Gasteiger partial charge >= 0.3 is 0 Å². The Hall–Kier alpha value is -3.73. The highest BCUT2D eigenvalue weighted by molar-refractivity contribution is 6.04. The summed E-state index contributed by atoms with van der Waals surface area (Å²) in [7, 11) is 0. The maximum atomic E-state index is 13.2. The molecule has 1 aliphatic heterocycles. The van der Waals surface area contributed by atoms with E-state index in [0.717, 1.165) is 5.56 Å². The lowest BCUT2D eigenvalue weighted by Crippen LogP contribution is -2.48. The number of hydrogen-bond donors (Lipinski definition) is 2. The van der Waals surface area contributed by atoms with Gasteiger partial charge in [-0.1, -0.05) is 0 Å². The molecule has 0 aromatic carbocycles. The summed E-state index contributed by atoms with van der Waals surface area (Å²) in [6, 6.07) is 0. The monoisotopic (exact) mass is 419 g/mol. The minimum atomic E-state index is -0.913. The number of oxazole rings is 1. The average molecular weight is 419 g/mol. The van der Waals surface area contributed by atoms with Crippen molar-refractivity contribution in [2.45, 2.75) is 32.4 Å². The van der Waals surface area contributed by atoms with E-state index in [-0.39, 0.29) is 11.5 Å². The highest BCUT2D eigenvalue weighted by atomic mass is 16.3. The summed E-state index contributed by atoms with van der Waals surface area (Å²) in [5.74, 6) is 1.90. The van der Waals surface area contributed by atoms with Crippen LogP contribution in [-0.2, 0) is 6.54 Å². The van der Waals surface area contributed by atoms with Crippen molar-refractivity contribution in [1.29, 1.82) is 0 Å². The van der Waals surface area contributed by atoms with Gasteiger partial charge in [0.2, 0.25) is 5.78 Å². The number of carbonyl (C=O) groups excluding carboxylic acids is 1. The molecule has 4 aromatic rings. The number of anilines is 1. The van der Waals surface area contributed by atoms with Crippen molar-refractivity contribution in [2.24, 2.45) is 0 Å². The second kappa shape index (κ2) is 7.51. The Labute approximate surface area is 177 Å². The van der Waals surface area contributed by atoms with E-state index in [1.54, 1.807) is 12.4 Å². The largest absolute Gasteiger partial charge is 0.440 e. The Morgan fingerprint density at radius 3 is 2.77 bits per heavy atom. The van der Waals surface area contributed by atoms with Crippen LogP contribution in [0, 0.1) is 6.92 Å². The topological polar surface area (TPSA) is 137 Å². The number of aryl methyl sites for hydroxylation is 2. The van der Waals surface area contributed by atoms with Crippen molar-refractivity contribution >= 4 is 22.8 Å². The first-order valence-electron chi connectivity index (χ1n) is 10.0. The number of nitrogens with one attached hydrogen (secondary N) is 2. The molecular formula is C20H21N9O2. The van der Waals surface area contributed by atoms with E-state index in [9.17, 15) is 4.79 Å². The molecule has 158 valence electrons. The molecule has 0 saturated carbocycles. The first-order valence-corrected chi connectivity index (χ1v) is 10.0. The maximum Gasteiger partial charge on any atom is 0.226 e. The Morgan fingerprint density at radius 2 is 2.10 bits per heavy atom. The molecule has 1 atom stereocenters. The number of Topliss-reactive ketones (excluding diaryl/α,β-unsaturated/α-hetero) is 1. The average Bonchev–Trinajstić information content (AvgIpc) is 3.54. The van der Waals surface area contributed by atoms with Crippen LogP contribution < -0.4 is 10.6 Å². The van der Waals surface area contributed by atoms with Gasteiger partial charge in [-0.25, -0.2) is 29.9 Å². The van der Waals surface area contributed by atoms with Gasteiger partial charge in [-0.15, -0.1) is 0 Å². The number of nitrogens with zero attached hydrogens (tertiary/aromatic N) is 7.